The molecule has 0 unspecified atom stereocenters. The first-order valence-corrected chi connectivity index (χ1v) is 2.75. The Labute approximate surface area is 81.9 Å². The fourth-order valence-electron chi connectivity index (χ4n) is 0.850. The molecule has 0 aromatic rings. The van der Waals surface area contributed by atoms with Crippen LogP contribution in [0.2, 0.25) is 0 Å². The molecule has 1 saturated heterocycles. The van der Waals surface area contributed by atoms with Crippen LogP contribution >= 0.6 is 0 Å². The normalized spacial score (nSPS) is 14.0. The molecule has 1 aliphatic rings. The standard InChI is InChI=1S/C5H7NO3.2H2O.Zn/c7-4-2-1-3-6(4)5(8)9;;;/h1-3H2,(H,8,9);2*1H2;. The van der Waals surface area contributed by atoms with E-state index in [1.165, 1.54) is 0 Å². The van der Waals surface area contributed by atoms with Gasteiger partial charge in [0.1, 0.15) is 0 Å². The quantitative estimate of drug-likeness (QED) is 0.517. The molecule has 1 fully saturated rings. The summed E-state index contributed by atoms with van der Waals surface area (Å²) in [7, 11) is 0. The number of hydrogen-bond donors (Lipinski definition) is 1. The minimum Gasteiger partial charge on any atom is -0.465 e. The molecule has 2 amide bonds. The molecule has 1 rings (SSSR count). The second-order valence-corrected chi connectivity index (χ2v) is 1.93. The van der Waals surface area contributed by atoms with E-state index in [1.54, 1.807) is 0 Å². The van der Waals surface area contributed by atoms with Crippen molar-refractivity contribution in [3.63, 3.8) is 0 Å². The topological polar surface area (TPSA) is 121 Å². The minimum absolute atomic E-state index is 0. The van der Waals surface area contributed by atoms with Crippen LogP contribution in [-0.2, 0) is 24.3 Å². The Kier molecular flexibility index (Phi) is 10.4. The maximum atomic E-state index is 10.6. The molecule has 5 N–H and O–H groups in total. The molecule has 0 radical (unpaired) electrons. The summed E-state index contributed by atoms with van der Waals surface area (Å²) < 4.78 is 0. The third-order valence-corrected chi connectivity index (χ3v) is 1.30. The summed E-state index contributed by atoms with van der Waals surface area (Å²) in [4.78, 5) is 21.5. The number of rotatable bonds is 0. The molecule has 0 bridgehead atoms. The second-order valence-electron chi connectivity index (χ2n) is 1.93. The van der Waals surface area contributed by atoms with E-state index in [0.29, 0.717) is 19.4 Å². The van der Waals surface area contributed by atoms with Gasteiger partial charge in [-0.2, -0.15) is 0 Å². The molecule has 0 atom stereocenters. The summed E-state index contributed by atoms with van der Waals surface area (Å²) in [6, 6.07) is 0. The van der Waals surface area contributed by atoms with E-state index in [2.05, 4.69) is 0 Å². The fourth-order valence-corrected chi connectivity index (χ4v) is 0.850. The first kappa shape index (κ1) is 17.5. The van der Waals surface area contributed by atoms with Gasteiger partial charge < -0.3 is 16.1 Å². The van der Waals surface area contributed by atoms with Gasteiger partial charge in [0.25, 0.3) is 0 Å². The minimum atomic E-state index is -1.13. The fraction of sp³-hybridized carbons (Fsp3) is 0.600. The van der Waals surface area contributed by atoms with Crippen molar-refractivity contribution in [2.75, 3.05) is 6.54 Å². The molecule has 0 aromatic heterocycles. The Hall–Kier alpha value is -0.517. The molecular weight excluding hydrogens is 219 g/mol. The summed E-state index contributed by atoms with van der Waals surface area (Å²) >= 11 is 0. The van der Waals surface area contributed by atoms with E-state index in [0.717, 1.165) is 4.90 Å². The number of nitrogens with zero attached hydrogens (tertiary/aromatic N) is 1. The number of carbonyl (C=O) groups is 2. The van der Waals surface area contributed by atoms with Gasteiger partial charge in [-0.15, -0.1) is 0 Å². The Morgan fingerprint density at radius 3 is 2.08 bits per heavy atom. The van der Waals surface area contributed by atoms with Gasteiger partial charge in [0, 0.05) is 32.4 Å². The van der Waals surface area contributed by atoms with Gasteiger partial charge in [0.2, 0.25) is 5.91 Å². The maximum Gasteiger partial charge on any atom is 0.414 e. The van der Waals surface area contributed by atoms with Crippen LogP contribution in [0.15, 0.2) is 0 Å². The zero-order valence-corrected chi connectivity index (χ0v) is 9.51. The van der Waals surface area contributed by atoms with Crippen LogP contribution in [0, 0.1) is 0 Å². The molecule has 1 aliphatic heterocycles. The Morgan fingerprint density at radius 2 is 1.92 bits per heavy atom. The van der Waals surface area contributed by atoms with Gasteiger partial charge in [-0.1, -0.05) is 0 Å². The van der Waals surface area contributed by atoms with Gasteiger partial charge in [-0.05, 0) is 6.42 Å². The molecule has 0 aromatic carbocycles. The SMILES string of the molecule is O.O.O=C(O)N1CCCC1=O.[Zn]. The molecule has 0 spiro atoms. The molecule has 7 heteroatoms. The smallest absolute Gasteiger partial charge is 0.414 e. The number of imide groups is 1. The first-order chi connectivity index (χ1) is 4.22. The predicted molar refractivity (Wildman–Crippen MR) is 36.2 cm³/mol. The summed E-state index contributed by atoms with van der Waals surface area (Å²) in [5.74, 6) is -0.275. The molecule has 0 saturated carbocycles. The Morgan fingerprint density at radius 1 is 1.42 bits per heavy atom. The van der Waals surface area contributed by atoms with Crippen molar-refractivity contribution in [1.82, 2.24) is 4.90 Å². The van der Waals surface area contributed by atoms with Crippen molar-refractivity contribution < 1.29 is 45.1 Å². The van der Waals surface area contributed by atoms with Crippen LogP contribution in [0.5, 0.6) is 0 Å². The number of amides is 2. The van der Waals surface area contributed by atoms with E-state index in [9.17, 15) is 9.59 Å². The average molecular weight is 231 g/mol. The van der Waals surface area contributed by atoms with Gasteiger partial charge in [-0.3, -0.25) is 4.79 Å². The molecule has 68 valence electrons. The molecular formula is C5H11NO5Zn. The van der Waals surface area contributed by atoms with Crippen LogP contribution in [0.4, 0.5) is 4.79 Å². The molecule has 6 nitrogen and oxygen atoms in total. The van der Waals surface area contributed by atoms with E-state index in [4.69, 9.17) is 5.11 Å². The van der Waals surface area contributed by atoms with Gasteiger partial charge >= 0.3 is 6.09 Å². The molecule has 1 heterocycles. The molecule has 0 aliphatic carbocycles. The zero-order chi connectivity index (χ0) is 6.85. The zero-order valence-electron chi connectivity index (χ0n) is 6.54. The van der Waals surface area contributed by atoms with Crippen molar-refractivity contribution in [1.29, 1.82) is 0 Å². The van der Waals surface area contributed by atoms with E-state index < -0.39 is 6.09 Å². The molecule has 12 heavy (non-hydrogen) atoms. The summed E-state index contributed by atoms with van der Waals surface area (Å²) in [5.41, 5.74) is 0. The maximum absolute atomic E-state index is 10.6. The van der Waals surface area contributed by atoms with Crippen molar-refractivity contribution in [2.24, 2.45) is 0 Å². The van der Waals surface area contributed by atoms with Crippen LogP contribution in [0.3, 0.4) is 0 Å². The van der Waals surface area contributed by atoms with Crippen molar-refractivity contribution in [3.05, 3.63) is 0 Å². The Bertz CT molecular complexity index is 162. The van der Waals surface area contributed by atoms with Crippen LogP contribution in [0.25, 0.3) is 0 Å². The van der Waals surface area contributed by atoms with Crippen LogP contribution in [0.1, 0.15) is 12.8 Å². The average Bonchev–Trinajstić information content (AvgIpc) is 2.13. The largest absolute Gasteiger partial charge is 0.465 e. The van der Waals surface area contributed by atoms with E-state index in [-0.39, 0.29) is 36.3 Å². The van der Waals surface area contributed by atoms with Gasteiger partial charge in [0.15, 0.2) is 0 Å². The number of likely N-dealkylation sites (tertiary alicyclic amines) is 1. The first-order valence-electron chi connectivity index (χ1n) is 2.75. The van der Waals surface area contributed by atoms with Crippen molar-refractivity contribution >= 4 is 12.0 Å². The van der Waals surface area contributed by atoms with Crippen molar-refractivity contribution in [3.8, 4) is 0 Å². The second kappa shape index (κ2) is 7.15. The summed E-state index contributed by atoms with van der Waals surface area (Å²) in [6.45, 7) is 0.369. The number of hydrogen-bond acceptors (Lipinski definition) is 2. The number of carbonyl (C=O) groups excluding carboxylic acids is 1. The number of carboxylic acid groups (broad SMARTS) is 1. The van der Waals surface area contributed by atoms with Crippen LogP contribution < -0.4 is 0 Å². The van der Waals surface area contributed by atoms with Gasteiger partial charge in [0.05, 0.1) is 0 Å². The predicted octanol–water partition coefficient (Wildman–Crippen LogP) is -1.37. The third-order valence-electron chi connectivity index (χ3n) is 1.30. The summed E-state index contributed by atoms with van der Waals surface area (Å²) in [5, 5.41) is 8.29. The van der Waals surface area contributed by atoms with E-state index >= 15 is 0 Å². The van der Waals surface area contributed by atoms with E-state index in [1.807, 2.05) is 0 Å². The van der Waals surface area contributed by atoms with Gasteiger partial charge in [-0.25, -0.2) is 9.69 Å². The van der Waals surface area contributed by atoms with Crippen LogP contribution in [-0.4, -0.2) is 39.5 Å². The monoisotopic (exact) mass is 229 g/mol. The summed E-state index contributed by atoms with van der Waals surface area (Å²) in [6.07, 6.45) is -0.0743. The Balaban J connectivity index is -0.000000270. The van der Waals surface area contributed by atoms with Crippen molar-refractivity contribution in [2.45, 2.75) is 12.8 Å². The third kappa shape index (κ3) is 3.75.